The molecule has 2 atom stereocenters. The number of aliphatic hydroxyl groups is 1. The Morgan fingerprint density at radius 1 is 1.04 bits per heavy atom. The van der Waals surface area contributed by atoms with E-state index in [2.05, 4.69) is 5.32 Å². The summed E-state index contributed by atoms with van der Waals surface area (Å²) in [5.74, 6) is -2.36. The molecular weight excluding hydrogens is 368 g/mol. The van der Waals surface area contributed by atoms with Gasteiger partial charge in [0.15, 0.2) is 6.10 Å². The van der Waals surface area contributed by atoms with Gasteiger partial charge in [0.05, 0.1) is 5.56 Å². The van der Waals surface area contributed by atoms with Gasteiger partial charge < -0.3 is 16.2 Å². The second kappa shape index (κ2) is 8.17. The number of nitrogens with one attached hydrogen (secondary N) is 1. The first-order chi connectivity index (χ1) is 12.6. The van der Waals surface area contributed by atoms with Crippen LogP contribution in [0.15, 0.2) is 48.5 Å². The molecule has 0 saturated carbocycles. The van der Waals surface area contributed by atoms with Crippen LogP contribution < -0.4 is 11.1 Å². The fourth-order valence-corrected chi connectivity index (χ4v) is 2.34. The van der Waals surface area contributed by atoms with Crippen LogP contribution in [0, 0.1) is 5.82 Å². The summed E-state index contributed by atoms with van der Waals surface area (Å²) in [6.45, 7) is 0. The summed E-state index contributed by atoms with van der Waals surface area (Å²) in [5.41, 5.74) is 4.75. The monoisotopic (exact) mass is 384 g/mol. The molecule has 144 valence electrons. The highest BCUT2D eigenvalue weighted by Crippen LogP contribution is 2.30. The maximum Gasteiger partial charge on any atom is 0.416 e. The SMILES string of the molecule is NC(=O)[C@@H](Cc1ccc(F)cc1)NC(=O)[C@@H](O)c1ccc(C(F)(F)F)cc1. The van der Waals surface area contributed by atoms with Crippen LogP contribution >= 0.6 is 0 Å². The smallest absolute Gasteiger partial charge is 0.378 e. The number of aliphatic hydroxyl groups excluding tert-OH is 1. The van der Waals surface area contributed by atoms with E-state index in [9.17, 15) is 32.3 Å². The number of alkyl halides is 3. The van der Waals surface area contributed by atoms with E-state index in [0.717, 1.165) is 24.3 Å². The molecule has 4 N–H and O–H groups in total. The molecule has 5 nitrogen and oxygen atoms in total. The number of primary amides is 1. The summed E-state index contributed by atoms with van der Waals surface area (Å²) < 4.78 is 50.6. The molecule has 2 aromatic rings. The average Bonchev–Trinajstić information content (AvgIpc) is 2.61. The number of carbonyl (C=O) groups is 2. The molecule has 0 saturated heterocycles. The highest BCUT2D eigenvalue weighted by molar-refractivity contribution is 5.89. The lowest BCUT2D eigenvalue weighted by atomic mass is 10.0. The molecule has 0 fully saturated rings. The molecular formula is C18H16F4N2O3. The zero-order valence-corrected chi connectivity index (χ0v) is 13.8. The summed E-state index contributed by atoms with van der Waals surface area (Å²) in [7, 11) is 0. The molecule has 0 bridgehead atoms. The van der Waals surface area contributed by atoms with Gasteiger partial charge in [0.2, 0.25) is 5.91 Å². The summed E-state index contributed by atoms with van der Waals surface area (Å²) >= 11 is 0. The standard InChI is InChI=1S/C18H16F4N2O3/c19-13-7-1-10(2-8-13)9-14(16(23)26)24-17(27)15(25)11-3-5-12(6-4-11)18(20,21)22/h1-8,14-15,25H,9H2,(H2,23,26)(H,24,27)/t14-,15+/m1/s1. The van der Waals surface area contributed by atoms with Crippen molar-refractivity contribution in [1.82, 2.24) is 5.32 Å². The van der Waals surface area contributed by atoms with E-state index in [0.29, 0.717) is 5.56 Å². The third kappa shape index (κ3) is 5.52. The third-order valence-corrected chi connectivity index (χ3v) is 3.82. The van der Waals surface area contributed by atoms with Gasteiger partial charge in [-0.15, -0.1) is 0 Å². The highest BCUT2D eigenvalue weighted by atomic mass is 19.4. The Morgan fingerprint density at radius 2 is 1.59 bits per heavy atom. The van der Waals surface area contributed by atoms with Crippen molar-refractivity contribution >= 4 is 11.8 Å². The number of benzene rings is 2. The van der Waals surface area contributed by atoms with Crippen LogP contribution in [-0.2, 0) is 22.2 Å². The van der Waals surface area contributed by atoms with Crippen molar-refractivity contribution in [2.24, 2.45) is 5.73 Å². The molecule has 9 heteroatoms. The van der Waals surface area contributed by atoms with Crippen molar-refractivity contribution in [1.29, 1.82) is 0 Å². The first-order valence-corrected chi connectivity index (χ1v) is 7.77. The van der Waals surface area contributed by atoms with Crippen molar-refractivity contribution in [2.75, 3.05) is 0 Å². The molecule has 0 spiro atoms. The third-order valence-electron chi connectivity index (χ3n) is 3.82. The van der Waals surface area contributed by atoms with Gasteiger partial charge in [0, 0.05) is 6.42 Å². The van der Waals surface area contributed by atoms with E-state index < -0.39 is 41.5 Å². The molecule has 2 rings (SSSR count). The van der Waals surface area contributed by atoms with Crippen LogP contribution in [-0.4, -0.2) is 23.0 Å². The Kier molecular flexibility index (Phi) is 6.17. The summed E-state index contributed by atoms with van der Waals surface area (Å²) in [4.78, 5) is 23.7. The number of hydrogen-bond donors (Lipinski definition) is 3. The van der Waals surface area contributed by atoms with E-state index in [1.54, 1.807) is 0 Å². The molecule has 0 aliphatic heterocycles. The number of nitrogens with two attached hydrogens (primary N) is 1. The Balaban J connectivity index is 2.07. The predicted molar refractivity (Wildman–Crippen MR) is 87.6 cm³/mol. The van der Waals surface area contributed by atoms with Crippen LogP contribution in [0.25, 0.3) is 0 Å². The van der Waals surface area contributed by atoms with Crippen molar-refractivity contribution in [3.8, 4) is 0 Å². The quantitative estimate of drug-likeness (QED) is 0.666. The van der Waals surface area contributed by atoms with Crippen LogP contribution in [0.5, 0.6) is 0 Å². The number of carbonyl (C=O) groups excluding carboxylic acids is 2. The van der Waals surface area contributed by atoms with E-state index in [1.807, 2.05) is 0 Å². The topological polar surface area (TPSA) is 92.4 Å². The molecule has 0 heterocycles. The molecule has 0 aliphatic rings. The Hall–Kier alpha value is -2.94. The van der Waals surface area contributed by atoms with E-state index in [1.165, 1.54) is 24.3 Å². The molecule has 27 heavy (non-hydrogen) atoms. The number of halogens is 4. The van der Waals surface area contributed by atoms with Crippen LogP contribution in [0.1, 0.15) is 22.8 Å². The van der Waals surface area contributed by atoms with Gasteiger partial charge >= 0.3 is 6.18 Å². The summed E-state index contributed by atoms with van der Waals surface area (Å²) in [5, 5.41) is 12.3. The second-order valence-electron chi connectivity index (χ2n) is 5.82. The van der Waals surface area contributed by atoms with Crippen molar-refractivity contribution < 1.29 is 32.3 Å². The molecule has 0 radical (unpaired) electrons. The molecule has 2 amide bonds. The molecule has 0 unspecified atom stereocenters. The first-order valence-electron chi connectivity index (χ1n) is 7.77. The van der Waals surface area contributed by atoms with E-state index >= 15 is 0 Å². The minimum absolute atomic E-state index is 0.0406. The van der Waals surface area contributed by atoms with Gasteiger partial charge in [-0.05, 0) is 35.4 Å². The Labute approximate surface area is 151 Å². The van der Waals surface area contributed by atoms with Gasteiger partial charge in [-0.3, -0.25) is 9.59 Å². The normalized spacial score (nSPS) is 13.7. The zero-order chi connectivity index (χ0) is 20.2. The fraction of sp³-hybridized carbons (Fsp3) is 0.222. The van der Waals surface area contributed by atoms with Gasteiger partial charge in [-0.1, -0.05) is 24.3 Å². The highest BCUT2D eigenvalue weighted by Gasteiger charge is 2.31. The number of rotatable bonds is 6. The molecule has 2 aromatic carbocycles. The molecule has 0 aliphatic carbocycles. The molecule has 0 aromatic heterocycles. The minimum atomic E-state index is -4.54. The number of amides is 2. The summed E-state index contributed by atoms with van der Waals surface area (Å²) in [6.07, 6.45) is -6.37. The number of hydrogen-bond acceptors (Lipinski definition) is 3. The first kappa shape index (κ1) is 20.4. The fourth-order valence-electron chi connectivity index (χ4n) is 2.34. The van der Waals surface area contributed by atoms with Crippen molar-refractivity contribution in [3.05, 3.63) is 71.0 Å². The zero-order valence-electron chi connectivity index (χ0n) is 13.8. The van der Waals surface area contributed by atoms with Gasteiger partial charge in [-0.2, -0.15) is 13.2 Å². The second-order valence-corrected chi connectivity index (χ2v) is 5.82. The lowest BCUT2D eigenvalue weighted by Crippen LogP contribution is -2.47. The lowest BCUT2D eigenvalue weighted by molar-refractivity contribution is -0.137. The Bertz CT molecular complexity index is 805. The minimum Gasteiger partial charge on any atom is -0.378 e. The predicted octanol–water partition coefficient (Wildman–Crippen LogP) is 2.09. The van der Waals surface area contributed by atoms with E-state index in [4.69, 9.17) is 5.73 Å². The maximum absolute atomic E-state index is 12.9. The largest absolute Gasteiger partial charge is 0.416 e. The average molecular weight is 384 g/mol. The maximum atomic E-state index is 12.9. The van der Waals surface area contributed by atoms with Crippen LogP contribution in [0.4, 0.5) is 17.6 Å². The van der Waals surface area contributed by atoms with Gasteiger partial charge in [0.1, 0.15) is 11.9 Å². The Morgan fingerprint density at radius 3 is 2.07 bits per heavy atom. The van der Waals surface area contributed by atoms with Gasteiger partial charge in [-0.25, -0.2) is 4.39 Å². The van der Waals surface area contributed by atoms with Crippen LogP contribution in [0.2, 0.25) is 0 Å². The van der Waals surface area contributed by atoms with Gasteiger partial charge in [0.25, 0.3) is 5.91 Å². The lowest BCUT2D eigenvalue weighted by Gasteiger charge is -2.18. The van der Waals surface area contributed by atoms with E-state index in [-0.39, 0.29) is 12.0 Å². The van der Waals surface area contributed by atoms with Crippen LogP contribution in [0.3, 0.4) is 0 Å². The van der Waals surface area contributed by atoms with Crippen molar-refractivity contribution in [2.45, 2.75) is 24.7 Å². The summed E-state index contributed by atoms with van der Waals surface area (Å²) in [6, 6.07) is 7.36. The van der Waals surface area contributed by atoms with Crippen molar-refractivity contribution in [3.63, 3.8) is 0 Å².